The average molecular weight is 257 g/mol. The lowest BCUT2D eigenvalue weighted by molar-refractivity contribution is 0.454. The molecule has 2 aromatic rings. The quantitative estimate of drug-likeness (QED) is 0.580. The van der Waals surface area contributed by atoms with Crippen molar-refractivity contribution in [3.8, 4) is 0 Å². The first-order valence-electron chi connectivity index (χ1n) is 7.07. The van der Waals surface area contributed by atoms with Crippen LogP contribution in [-0.4, -0.2) is 15.9 Å². The lowest BCUT2D eigenvalue weighted by Crippen LogP contribution is -2.18. The number of pyridine rings is 1. The van der Waals surface area contributed by atoms with Crippen molar-refractivity contribution in [2.75, 3.05) is 6.54 Å². The van der Waals surface area contributed by atoms with Crippen LogP contribution in [0.3, 0.4) is 0 Å². The maximum Gasteiger partial charge on any atom is 0.136 e. The molecule has 1 N–H and O–H groups in total. The highest BCUT2D eigenvalue weighted by Crippen LogP contribution is 2.12. The minimum Gasteiger partial charge on any atom is -0.311 e. The Morgan fingerprint density at radius 2 is 2.37 bits per heavy atom. The standard InChI is InChI=1S/C16H23N3/c1-3-7-14(4-2)9-10-17-12-15-13-18-16-8-5-6-11-19(15)16/h3,5-6,8,11,13-14,17H,1,4,7,9-10,12H2,2H3. The fraction of sp³-hybridized carbons (Fsp3) is 0.438. The SMILES string of the molecule is C=CCC(CC)CCNCc1cnc2ccccn12. The molecule has 0 bridgehead atoms. The van der Waals surface area contributed by atoms with E-state index >= 15 is 0 Å². The molecular weight excluding hydrogens is 234 g/mol. The van der Waals surface area contributed by atoms with E-state index in [4.69, 9.17) is 0 Å². The summed E-state index contributed by atoms with van der Waals surface area (Å²) in [4.78, 5) is 4.39. The summed E-state index contributed by atoms with van der Waals surface area (Å²) < 4.78 is 2.13. The second-order valence-electron chi connectivity index (χ2n) is 4.94. The molecular formula is C16H23N3. The summed E-state index contributed by atoms with van der Waals surface area (Å²) in [5.41, 5.74) is 2.23. The monoisotopic (exact) mass is 257 g/mol. The second-order valence-corrected chi connectivity index (χ2v) is 4.94. The fourth-order valence-electron chi connectivity index (χ4n) is 2.36. The highest BCUT2D eigenvalue weighted by Gasteiger charge is 2.05. The molecule has 3 nitrogen and oxygen atoms in total. The van der Waals surface area contributed by atoms with E-state index in [1.54, 1.807) is 0 Å². The Bertz CT molecular complexity index is 515. The van der Waals surface area contributed by atoms with Crippen LogP contribution in [0.1, 0.15) is 31.9 Å². The van der Waals surface area contributed by atoms with Gasteiger partial charge in [-0.15, -0.1) is 6.58 Å². The third kappa shape index (κ3) is 3.67. The van der Waals surface area contributed by atoms with Crippen molar-refractivity contribution in [2.24, 2.45) is 5.92 Å². The van der Waals surface area contributed by atoms with E-state index in [0.717, 1.165) is 31.1 Å². The van der Waals surface area contributed by atoms with Gasteiger partial charge >= 0.3 is 0 Å². The maximum absolute atomic E-state index is 4.39. The number of rotatable bonds is 8. The van der Waals surface area contributed by atoms with Crippen LogP contribution in [0.25, 0.3) is 5.65 Å². The maximum atomic E-state index is 4.39. The van der Waals surface area contributed by atoms with Crippen molar-refractivity contribution in [3.63, 3.8) is 0 Å². The number of imidazole rings is 1. The Morgan fingerprint density at radius 3 is 3.16 bits per heavy atom. The molecule has 0 fully saturated rings. The van der Waals surface area contributed by atoms with Crippen LogP contribution in [0.5, 0.6) is 0 Å². The molecule has 1 unspecified atom stereocenters. The number of nitrogens with one attached hydrogen (secondary N) is 1. The van der Waals surface area contributed by atoms with Crippen molar-refractivity contribution in [3.05, 3.63) is 48.9 Å². The molecule has 19 heavy (non-hydrogen) atoms. The summed E-state index contributed by atoms with van der Waals surface area (Å²) in [5.74, 6) is 0.757. The van der Waals surface area contributed by atoms with E-state index in [-0.39, 0.29) is 0 Å². The van der Waals surface area contributed by atoms with Gasteiger partial charge < -0.3 is 9.72 Å². The van der Waals surface area contributed by atoms with E-state index in [1.807, 2.05) is 30.5 Å². The zero-order chi connectivity index (χ0) is 13.5. The van der Waals surface area contributed by atoms with Gasteiger partial charge in [-0.25, -0.2) is 4.98 Å². The molecule has 0 saturated heterocycles. The minimum absolute atomic E-state index is 0.757. The van der Waals surface area contributed by atoms with Crippen LogP contribution in [-0.2, 0) is 6.54 Å². The van der Waals surface area contributed by atoms with E-state index in [0.29, 0.717) is 0 Å². The number of hydrogen-bond acceptors (Lipinski definition) is 2. The van der Waals surface area contributed by atoms with Crippen molar-refractivity contribution >= 4 is 5.65 Å². The number of fused-ring (bicyclic) bond motifs is 1. The Morgan fingerprint density at radius 1 is 1.47 bits per heavy atom. The lowest BCUT2D eigenvalue weighted by Gasteiger charge is -2.12. The number of hydrogen-bond donors (Lipinski definition) is 1. The lowest BCUT2D eigenvalue weighted by atomic mass is 9.99. The summed E-state index contributed by atoms with van der Waals surface area (Å²) >= 11 is 0. The van der Waals surface area contributed by atoms with Gasteiger partial charge in [-0.1, -0.05) is 25.5 Å². The molecule has 0 saturated carbocycles. The van der Waals surface area contributed by atoms with Gasteiger partial charge in [0.25, 0.3) is 0 Å². The van der Waals surface area contributed by atoms with Gasteiger partial charge in [0.1, 0.15) is 5.65 Å². The molecule has 1 atom stereocenters. The summed E-state index contributed by atoms with van der Waals surface area (Å²) in [5, 5.41) is 3.51. The van der Waals surface area contributed by atoms with Gasteiger partial charge in [0.2, 0.25) is 0 Å². The second kappa shape index (κ2) is 7.10. The zero-order valence-electron chi connectivity index (χ0n) is 11.7. The van der Waals surface area contributed by atoms with Gasteiger partial charge in [-0.3, -0.25) is 0 Å². The normalized spacial score (nSPS) is 12.7. The summed E-state index contributed by atoms with van der Waals surface area (Å²) in [6.45, 7) is 7.99. The first kappa shape index (κ1) is 13.8. The molecule has 2 rings (SSSR count). The molecule has 0 aliphatic carbocycles. The Balaban J connectivity index is 1.81. The highest BCUT2D eigenvalue weighted by molar-refractivity contribution is 5.39. The zero-order valence-corrected chi connectivity index (χ0v) is 11.7. The molecule has 0 aliphatic heterocycles. The van der Waals surface area contributed by atoms with Gasteiger partial charge in [-0.2, -0.15) is 0 Å². The first-order chi connectivity index (χ1) is 9.35. The van der Waals surface area contributed by atoms with Crippen LogP contribution in [0.2, 0.25) is 0 Å². The van der Waals surface area contributed by atoms with Gasteiger partial charge in [0.05, 0.1) is 11.9 Å². The molecule has 0 aromatic carbocycles. The number of aromatic nitrogens is 2. The molecule has 102 valence electrons. The Labute approximate surface area is 115 Å². The molecule has 0 amide bonds. The molecule has 0 aliphatic rings. The largest absolute Gasteiger partial charge is 0.311 e. The topological polar surface area (TPSA) is 29.3 Å². The Kier molecular flexibility index (Phi) is 5.16. The number of allylic oxidation sites excluding steroid dienone is 1. The summed E-state index contributed by atoms with van der Waals surface area (Å²) in [6, 6.07) is 6.08. The summed E-state index contributed by atoms with van der Waals surface area (Å²) in [6.07, 6.45) is 9.59. The van der Waals surface area contributed by atoms with Crippen LogP contribution >= 0.6 is 0 Å². The van der Waals surface area contributed by atoms with Crippen molar-refractivity contribution in [2.45, 2.75) is 32.7 Å². The van der Waals surface area contributed by atoms with Crippen LogP contribution in [0.15, 0.2) is 43.2 Å². The molecule has 2 heterocycles. The van der Waals surface area contributed by atoms with Gasteiger partial charge in [0.15, 0.2) is 0 Å². The highest BCUT2D eigenvalue weighted by atomic mass is 15.0. The minimum atomic E-state index is 0.757. The van der Waals surface area contributed by atoms with Crippen LogP contribution < -0.4 is 5.32 Å². The average Bonchev–Trinajstić information content (AvgIpc) is 2.85. The predicted octanol–water partition coefficient (Wildman–Crippen LogP) is 3.42. The third-order valence-electron chi connectivity index (χ3n) is 3.61. The Hall–Kier alpha value is -1.61. The van der Waals surface area contributed by atoms with Gasteiger partial charge in [0, 0.05) is 12.7 Å². The molecule has 3 heteroatoms. The summed E-state index contributed by atoms with van der Waals surface area (Å²) in [7, 11) is 0. The molecule has 0 radical (unpaired) electrons. The van der Waals surface area contributed by atoms with Gasteiger partial charge in [-0.05, 0) is 37.4 Å². The van der Waals surface area contributed by atoms with E-state index in [2.05, 4.69) is 34.4 Å². The third-order valence-corrected chi connectivity index (χ3v) is 3.61. The van der Waals surface area contributed by atoms with E-state index in [1.165, 1.54) is 18.5 Å². The van der Waals surface area contributed by atoms with E-state index in [9.17, 15) is 0 Å². The molecule has 2 aromatic heterocycles. The van der Waals surface area contributed by atoms with Crippen molar-refractivity contribution in [1.29, 1.82) is 0 Å². The molecule has 0 spiro atoms. The van der Waals surface area contributed by atoms with Crippen LogP contribution in [0, 0.1) is 5.92 Å². The van der Waals surface area contributed by atoms with Crippen molar-refractivity contribution in [1.82, 2.24) is 14.7 Å². The smallest absolute Gasteiger partial charge is 0.136 e. The first-order valence-corrected chi connectivity index (χ1v) is 7.07. The van der Waals surface area contributed by atoms with Crippen LogP contribution in [0.4, 0.5) is 0 Å². The van der Waals surface area contributed by atoms with Crippen molar-refractivity contribution < 1.29 is 0 Å². The predicted molar refractivity (Wildman–Crippen MR) is 80.1 cm³/mol. The van der Waals surface area contributed by atoms with E-state index < -0.39 is 0 Å². The number of nitrogens with zero attached hydrogens (tertiary/aromatic N) is 2. The fourth-order valence-corrected chi connectivity index (χ4v) is 2.36.